The van der Waals surface area contributed by atoms with Gasteiger partial charge >= 0.3 is 5.97 Å². The SMILES string of the molecule is CCc1cscc1C(=O)OCc1ccccc1. The summed E-state index contributed by atoms with van der Waals surface area (Å²) in [6, 6.07) is 9.71. The molecule has 0 aliphatic heterocycles. The Balaban J connectivity index is 1.98. The Hall–Kier alpha value is -1.61. The van der Waals surface area contributed by atoms with Gasteiger partial charge < -0.3 is 4.74 Å². The van der Waals surface area contributed by atoms with Gasteiger partial charge in [-0.05, 0) is 22.9 Å². The molecule has 0 N–H and O–H groups in total. The third kappa shape index (κ3) is 2.94. The zero-order valence-electron chi connectivity index (χ0n) is 9.68. The Morgan fingerprint density at radius 3 is 2.71 bits per heavy atom. The fourth-order valence-electron chi connectivity index (χ4n) is 1.58. The third-order valence-electron chi connectivity index (χ3n) is 2.56. The van der Waals surface area contributed by atoms with Crippen LogP contribution in [0.4, 0.5) is 0 Å². The molecule has 1 aromatic carbocycles. The first-order valence-electron chi connectivity index (χ1n) is 5.57. The predicted molar refractivity (Wildman–Crippen MR) is 69.3 cm³/mol. The van der Waals surface area contributed by atoms with Gasteiger partial charge in [-0.15, -0.1) is 0 Å². The molecule has 0 bridgehead atoms. The van der Waals surface area contributed by atoms with Crippen LogP contribution in [0, 0.1) is 0 Å². The highest BCUT2D eigenvalue weighted by molar-refractivity contribution is 7.08. The lowest BCUT2D eigenvalue weighted by Gasteiger charge is -2.04. The smallest absolute Gasteiger partial charge is 0.339 e. The Bertz CT molecular complexity index is 488. The number of carbonyl (C=O) groups is 1. The summed E-state index contributed by atoms with van der Waals surface area (Å²) < 4.78 is 5.28. The van der Waals surface area contributed by atoms with E-state index in [-0.39, 0.29) is 5.97 Å². The highest BCUT2D eigenvalue weighted by atomic mass is 32.1. The van der Waals surface area contributed by atoms with Crippen molar-refractivity contribution in [2.45, 2.75) is 20.0 Å². The fourth-order valence-corrected chi connectivity index (χ4v) is 2.49. The van der Waals surface area contributed by atoms with Gasteiger partial charge in [0.15, 0.2) is 0 Å². The molecule has 0 saturated heterocycles. The monoisotopic (exact) mass is 246 g/mol. The molecule has 2 aromatic rings. The standard InChI is InChI=1S/C14H14O2S/c1-2-12-9-17-10-13(12)14(15)16-8-11-6-4-3-5-7-11/h3-7,9-10H,2,8H2,1H3. The van der Waals surface area contributed by atoms with Crippen molar-refractivity contribution < 1.29 is 9.53 Å². The lowest BCUT2D eigenvalue weighted by atomic mass is 10.1. The largest absolute Gasteiger partial charge is 0.457 e. The minimum Gasteiger partial charge on any atom is -0.457 e. The maximum absolute atomic E-state index is 11.8. The summed E-state index contributed by atoms with van der Waals surface area (Å²) in [6.07, 6.45) is 0.860. The van der Waals surface area contributed by atoms with Crippen LogP contribution in [0.15, 0.2) is 41.1 Å². The lowest BCUT2D eigenvalue weighted by Crippen LogP contribution is -2.06. The first-order chi connectivity index (χ1) is 8.31. The number of aryl methyl sites for hydroxylation is 1. The second-order valence-corrected chi connectivity index (χ2v) is 4.47. The molecular weight excluding hydrogens is 232 g/mol. The van der Waals surface area contributed by atoms with Crippen LogP contribution in [0.5, 0.6) is 0 Å². The summed E-state index contributed by atoms with van der Waals surface area (Å²) in [5.74, 6) is -0.230. The van der Waals surface area contributed by atoms with Crippen LogP contribution in [-0.2, 0) is 17.8 Å². The molecule has 0 unspecified atom stereocenters. The molecule has 17 heavy (non-hydrogen) atoms. The van der Waals surface area contributed by atoms with Crippen LogP contribution >= 0.6 is 11.3 Å². The van der Waals surface area contributed by atoms with Crippen molar-refractivity contribution in [2.75, 3.05) is 0 Å². The molecule has 0 aliphatic carbocycles. The second-order valence-electron chi connectivity index (χ2n) is 3.73. The number of carbonyl (C=O) groups excluding carboxylic acids is 1. The third-order valence-corrected chi connectivity index (χ3v) is 3.35. The molecule has 0 aliphatic rings. The molecule has 2 rings (SSSR count). The van der Waals surface area contributed by atoms with E-state index in [9.17, 15) is 4.79 Å². The van der Waals surface area contributed by atoms with Gasteiger partial charge in [0.05, 0.1) is 5.56 Å². The highest BCUT2D eigenvalue weighted by Gasteiger charge is 2.12. The summed E-state index contributed by atoms with van der Waals surface area (Å²) in [7, 11) is 0. The van der Waals surface area contributed by atoms with Crippen LogP contribution in [0.1, 0.15) is 28.4 Å². The summed E-state index contributed by atoms with van der Waals surface area (Å²) >= 11 is 1.54. The Morgan fingerprint density at radius 1 is 1.24 bits per heavy atom. The molecule has 0 fully saturated rings. The predicted octanol–water partition coefficient (Wildman–Crippen LogP) is 3.67. The van der Waals surface area contributed by atoms with Gasteiger partial charge in [0.25, 0.3) is 0 Å². The first-order valence-corrected chi connectivity index (χ1v) is 6.51. The molecular formula is C14H14O2S. The van der Waals surface area contributed by atoms with Gasteiger partial charge in [0.1, 0.15) is 6.61 Å². The molecule has 3 heteroatoms. The van der Waals surface area contributed by atoms with Gasteiger partial charge in [-0.25, -0.2) is 4.79 Å². The maximum atomic E-state index is 11.8. The number of hydrogen-bond donors (Lipinski definition) is 0. The number of rotatable bonds is 4. The van der Waals surface area contributed by atoms with Crippen LogP contribution in [-0.4, -0.2) is 5.97 Å². The van der Waals surface area contributed by atoms with Crippen molar-refractivity contribution in [3.63, 3.8) is 0 Å². The normalized spacial score (nSPS) is 10.2. The van der Waals surface area contributed by atoms with Crippen molar-refractivity contribution in [1.82, 2.24) is 0 Å². The number of hydrogen-bond acceptors (Lipinski definition) is 3. The van der Waals surface area contributed by atoms with Gasteiger partial charge in [-0.2, -0.15) is 11.3 Å². The molecule has 0 amide bonds. The minimum absolute atomic E-state index is 0.230. The lowest BCUT2D eigenvalue weighted by molar-refractivity contribution is 0.0472. The maximum Gasteiger partial charge on any atom is 0.339 e. The van der Waals surface area contributed by atoms with Crippen molar-refractivity contribution in [1.29, 1.82) is 0 Å². The van der Waals surface area contributed by atoms with E-state index in [4.69, 9.17) is 4.74 Å². The number of esters is 1. The molecule has 0 spiro atoms. The van der Waals surface area contributed by atoms with E-state index in [2.05, 4.69) is 0 Å². The van der Waals surface area contributed by atoms with Crippen molar-refractivity contribution in [3.8, 4) is 0 Å². The average molecular weight is 246 g/mol. The number of thiophene rings is 1. The van der Waals surface area contributed by atoms with Crippen molar-refractivity contribution in [2.24, 2.45) is 0 Å². The van der Waals surface area contributed by atoms with Gasteiger partial charge in [-0.3, -0.25) is 0 Å². The summed E-state index contributed by atoms with van der Waals surface area (Å²) in [6.45, 7) is 2.37. The van der Waals surface area contributed by atoms with E-state index in [1.54, 1.807) is 0 Å². The molecule has 0 saturated carbocycles. The van der Waals surface area contributed by atoms with E-state index >= 15 is 0 Å². The fraction of sp³-hybridized carbons (Fsp3) is 0.214. The van der Waals surface area contributed by atoms with Crippen molar-refractivity contribution in [3.05, 3.63) is 57.8 Å². The second kappa shape index (κ2) is 5.64. The summed E-state index contributed by atoms with van der Waals surface area (Å²) in [5.41, 5.74) is 2.77. The van der Waals surface area contributed by atoms with Crippen molar-refractivity contribution >= 4 is 17.3 Å². The van der Waals surface area contributed by atoms with E-state index in [1.807, 2.05) is 48.0 Å². The van der Waals surface area contributed by atoms with Crippen LogP contribution < -0.4 is 0 Å². The van der Waals surface area contributed by atoms with Gasteiger partial charge in [0.2, 0.25) is 0 Å². The zero-order valence-corrected chi connectivity index (χ0v) is 10.5. The van der Waals surface area contributed by atoms with Crippen LogP contribution in [0.3, 0.4) is 0 Å². The van der Waals surface area contributed by atoms with E-state index in [0.29, 0.717) is 12.2 Å². The Labute approximate surface area is 105 Å². The van der Waals surface area contributed by atoms with Crippen LogP contribution in [0.25, 0.3) is 0 Å². The molecule has 1 aromatic heterocycles. The molecule has 0 radical (unpaired) electrons. The van der Waals surface area contributed by atoms with Gasteiger partial charge in [0, 0.05) is 5.38 Å². The van der Waals surface area contributed by atoms with E-state index in [0.717, 1.165) is 17.5 Å². The first kappa shape index (κ1) is 11.9. The van der Waals surface area contributed by atoms with Crippen LogP contribution in [0.2, 0.25) is 0 Å². The van der Waals surface area contributed by atoms with E-state index in [1.165, 1.54) is 11.3 Å². The highest BCUT2D eigenvalue weighted by Crippen LogP contribution is 2.17. The minimum atomic E-state index is -0.230. The van der Waals surface area contributed by atoms with E-state index < -0.39 is 0 Å². The topological polar surface area (TPSA) is 26.3 Å². The number of benzene rings is 1. The van der Waals surface area contributed by atoms with Gasteiger partial charge in [-0.1, -0.05) is 37.3 Å². The molecule has 2 nitrogen and oxygen atoms in total. The molecule has 0 atom stereocenters. The zero-order chi connectivity index (χ0) is 12.1. The Kier molecular flexibility index (Phi) is 3.94. The Morgan fingerprint density at radius 2 is 2.00 bits per heavy atom. The average Bonchev–Trinajstić information content (AvgIpc) is 2.85. The molecule has 1 heterocycles. The number of ether oxygens (including phenoxy) is 1. The molecule has 88 valence electrons. The summed E-state index contributed by atoms with van der Waals surface area (Å²) in [5, 5.41) is 3.85. The quantitative estimate of drug-likeness (QED) is 0.769. The summed E-state index contributed by atoms with van der Waals surface area (Å²) in [4.78, 5) is 11.8.